The molecule has 2 aromatic carbocycles. The topological polar surface area (TPSA) is 123 Å². The highest BCUT2D eigenvalue weighted by molar-refractivity contribution is 5.70. The zero-order chi connectivity index (χ0) is 22.7. The van der Waals surface area contributed by atoms with Gasteiger partial charge in [-0.05, 0) is 56.0 Å². The standard InChI is InChI=1S/C24H29N5O3.ClH/c1-15-5-7-17(8-6-15)4-3-13-31-20-10-9-18(14-16(20)2)22-27-23(32-28-22)21-19(30)11-12-29(21)24(25)26;/h5-10,14,19,21,30H,3-4,11-13H2,1-2H3,(H3,25,26);1H/t19-,21-;/m0./s1. The Bertz CT molecular complexity index is 1110. The van der Waals surface area contributed by atoms with Gasteiger partial charge in [-0.25, -0.2) is 0 Å². The van der Waals surface area contributed by atoms with Gasteiger partial charge in [0.25, 0.3) is 5.89 Å². The molecule has 5 N–H and O–H groups in total. The van der Waals surface area contributed by atoms with Gasteiger partial charge < -0.3 is 26.8 Å². The van der Waals surface area contributed by atoms with Crippen molar-refractivity contribution in [3.8, 4) is 17.1 Å². The van der Waals surface area contributed by atoms with Crippen LogP contribution in [0.1, 0.15) is 41.5 Å². The van der Waals surface area contributed by atoms with Crippen molar-refractivity contribution in [3.05, 3.63) is 65.0 Å². The second-order valence-electron chi connectivity index (χ2n) is 8.29. The molecule has 0 unspecified atom stereocenters. The number of hydrogen-bond donors (Lipinski definition) is 3. The molecule has 1 aliphatic rings. The zero-order valence-electron chi connectivity index (χ0n) is 18.9. The molecule has 2 heterocycles. The van der Waals surface area contributed by atoms with Crippen LogP contribution in [0.3, 0.4) is 0 Å². The van der Waals surface area contributed by atoms with Gasteiger partial charge in [-0.1, -0.05) is 35.0 Å². The summed E-state index contributed by atoms with van der Waals surface area (Å²) in [6.45, 7) is 5.27. The third kappa shape index (κ3) is 5.64. The van der Waals surface area contributed by atoms with Crippen LogP contribution in [0.5, 0.6) is 5.75 Å². The first kappa shape index (κ1) is 24.5. The molecule has 33 heavy (non-hydrogen) atoms. The fraction of sp³-hybridized carbons (Fsp3) is 0.375. The maximum atomic E-state index is 10.3. The Morgan fingerprint density at radius 2 is 1.94 bits per heavy atom. The highest BCUT2D eigenvalue weighted by Gasteiger charge is 2.39. The monoisotopic (exact) mass is 471 g/mol. The van der Waals surface area contributed by atoms with Crippen molar-refractivity contribution in [2.24, 2.45) is 11.5 Å². The highest BCUT2D eigenvalue weighted by Crippen LogP contribution is 2.30. The molecular formula is C24H30ClN5O3. The van der Waals surface area contributed by atoms with Crippen molar-refractivity contribution >= 4 is 5.96 Å². The Morgan fingerprint density at radius 1 is 1.18 bits per heavy atom. The van der Waals surface area contributed by atoms with E-state index in [4.69, 9.17) is 20.7 Å². The Hall–Kier alpha value is -3.10. The number of benzene rings is 2. The van der Waals surface area contributed by atoms with Crippen LogP contribution in [0.25, 0.3) is 11.4 Å². The van der Waals surface area contributed by atoms with Crippen LogP contribution in [0.4, 0.5) is 0 Å². The number of aliphatic hydroxyl groups excluding tert-OH is 1. The second-order valence-corrected chi connectivity index (χ2v) is 8.29. The summed E-state index contributed by atoms with van der Waals surface area (Å²) in [5, 5.41) is 14.4. The third-order valence-electron chi connectivity index (χ3n) is 5.81. The normalized spacial score (nSPS) is 17.6. The van der Waals surface area contributed by atoms with E-state index in [9.17, 15) is 5.11 Å². The molecule has 1 fully saturated rings. The number of nitrogens with zero attached hydrogens (tertiary/aromatic N) is 3. The van der Waals surface area contributed by atoms with Gasteiger partial charge >= 0.3 is 5.96 Å². The molecule has 0 amide bonds. The third-order valence-corrected chi connectivity index (χ3v) is 5.81. The molecule has 1 aliphatic heterocycles. The fourth-order valence-electron chi connectivity index (χ4n) is 4.00. The summed E-state index contributed by atoms with van der Waals surface area (Å²) in [5.41, 5.74) is 15.9. The van der Waals surface area contributed by atoms with Crippen molar-refractivity contribution in [2.75, 3.05) is 13.2 Å². The van der Waals surface area contributed by atoms with E-state index in [0.717, 1.165) is 29.7 Å². The Labute approximate surface area is 199 Å². The molecule has 0 aliphatic carbocycles. The molecule has 1 saturated heterocycles. The SMILES string of the molecule is Cc1ccc(CCCOc2ccc(-c3noc([C@@H]4[C@@H](O)CC[N+]4=C(N)N)n3)cc2C)cc1.[Cl-]. The summed E-state index contributed by atoms with van der Waals surface area (Å²) in [4.78, 5) is 4.49. The van der Waals surface area contributed by atoms with Gasteiger partial charge in [0.1, 0.15) is 5.75 Å². The number of halogens is 1. The molecule has 8 nitrogen and oxygen atoms in total. The predicted molar refractivity (Wildman–Crippen MR) is 121 cm³/mol. The molecule has 9 heteroatoms. The van der Waals surface area contributed by atoms with Crippen LogP contribution in [0.15, 0.2) is 47.0 Å². The quantitative estimate of drug-likeness (QED) is 0.240. The zero-order valence-corrected chi connectivity index (χ0v) is 19.6. The molecule has 1 aromatic heterocycles. The van der Waals surface area contributed by atoms with E-state index in [2.05, 4.69) is 41.3 Å². The van der Waals surface area contributed by atoms with Gasteiger partial charge in [0, 0.05) is 12.0 Å². The van der Waals surface area contributed by atoms with Crippen molar-refractivity contribution in [1.29, 1.82) is 0 Å². The lowest BCUT2D eigenvalue weighted by atomic mass is 10.1. The first-order valence-corrected chi connectivity index (χ1v) is 10.9. The largest absolute Gasteiger partial charge is 1.00 e. The molecule has 0 saturated carbocycles. The lowest BCUT2D eigenvalue weighted by Crippen LogP contribution is -3.00. The lowest BCUT2D eigenvalue weighted by molar-refractivity contribution is -0.560. The number of aliphatic hydroxyl groups is 1. The van der Waals surface area contributed by atoms with E-state index < -0.39 is 12.1 Å². The molecule has 2 atom stereocenters. The van der Waals surface area contributed by atoms with E-state index in [-0.39, 0.29) is 18.4 Å². The van der Waals surface area contributed by atoms with Gasteiger partial charge in [-0.15, -0.1) is 0 Å². The minimum atomic E-state index is -0.664. The van der Waals surface area contributed by atoms with E-state index in [1.807, 2.05) is 25.1 Å². The number of aromatic nitrogens is 2. The van der Waals surface area contributed by atoms with Crippen LogP contribution in [-0.4, -0.2) is 45.0 Å². The minimum absolute atomic E-state index is 0. The van der Waals surface area contributed by atoms with Gasteiger partial charge in [0.15, 0.2) is 6.04 Å². The van der Waals surface area contributed by atoms with Crippen molar-refractivity contribution < 1.29 is 31.3 Å². The number of ether oxygens (including phenoxy) is 1. The van der Waals surface area contributed by atoms with Gasteiger partial charge in [-0.3, -0.25) is 16.0 Å². The summed E-state index contributed by atoms with van der Waals surface area (Å²) >= 11 is 0. The highest BCUT2D eigenvalue weighted by atomic mass is 35.5. The van der Waals surface area contributed by atoms with Crippen LogP contribution in [-0.2, 0) is 6.42 Å². The van der Waals surface area contributed by atoms with E-state index >= 15 is 0 Å². The predicted octanol–water partition coefficient (Wildman–Crippen LogP) is -0.539. The molecule has 0 spiro atoms. The van der Waals surface area contributed by atoms with E-state index in [1.165, 1.54) is 11.1 Å². The van der Waals surface area contributed by atoms with E-state index in [0.29, 0.717) is 31.3 Å². The maximum absolute atomic E-state index is 10.3. The molecular weight excluding hydrogens is 442 g/mol. The summed E-state index contributed by atoms with van der Waals surface area (Å²) in [7, 11) is 0. The molecule has 0 radical (unpaired) electrons. The Balaban J connectivity index is 0.00000306. The number of aryl methyl sites for hydroxylation is 3. The van der Waals surface area contributed by atoms with Gasteiger partial charge in [0.2, 0.25) is 5.82 Å². The number of hydrogen-bond acceptors (Lipinski definition) is 5. The summed E-state index contributed by atoms with van der Waals surface area (Å²) in [6.07, 6.45) is 1.80. The van der Waals surface area contributed by atoms with Gasteiger partial charge in [0.05, 0.1) is 19.3 Å². The number of rotatable bonds is 7. The Kier molecular flexibility index (Phi) is 7.94. The van der Waals surface area contributed by atoms with Crippen molar-refractivity contribution in [1.82, 2.24) is 10.1 Å². The van der Waals surface area contributed by atoms with Crippen LogP contribution < -0.4 is 28.6 Å². The van der Waals surface area contributed by atoms with Crippen LogP contribution >= 0.6 is 0 Å². The second kappa shape index (κ2) is 10.7. The first-order valence-electron chi connectivity index (χ1n) is 10.9. The van der Waals surface area contributed by atoms with Crippen LogP contribution in [0.2, 0.25) is 0 Å². The Morgan fingerprint density at radius 3 is 2.64 bits per heavy atom. The summed E-state index contributed by atoms with van der Waals surface area (Å²) in [6, 6.07) is 13.9. The lowest BCUT2D eigenvalue weighted by Gasteiger charge is -2.11. The van der Waals surface area contributed by atoms with Crippen LogP contribution in [0, 0.1) is 13.8 Å². The minimum Gasteiger partial charge on any atom is -1.00 e. The number of guanidine groups is 1. The molecule has 3 aromatic rings. The molecule has 4 rings (SSSR count). The van der Waals surface area contributed by atoms with Crippen molar-refractivity contribution in [3.63, 3.8) is 0 Å². The average molecular weight is 472 g/mol. The average Bonchev–Trinajstić information content (AvgIpc) is 3.40. The summed E-state index contributed by atoms with van der Waals surface area (Å²) < 4.78 is 13.1. The number of nitrogens with two attached hydrogens (primary N) is 2. The first-order chi connectivity index (χ1) is 15.4. The molecule has 176 valence electrons. The smallest absolute Gasteiger partial charge is 0.341 e. The maximum Gasteiger partial charge on any atom is 0.341 e. The van der Waals surface area contributed by atoms with Crippen molar-refractivity contribution in [2.45, 2.75) is 45.3 Å². The van der Waals surface area contributed by atoms with Gasteiger partial charge in [-0.2, -0.15) is 4.98 Å². The van der Waals surface area contributed by atoms with E-state index in [1.54, 1.807) is 4.58 Å². The molecule has 0 bridgehead atoms. The fourth-order valence-corrected chi connectivity index (χ4v) is 4.00. The summed E-state index contributed by atoms with van der Waals surface area (Å²) in [5.74, 6) is 1.71.